The van der Waals surface area contributed by atoms with Gasteiger partial charge in [0, 0.05) is 25.4 Å². The largest absolute Gasteiger partial charge is 0.398 e. The van der Waals surface area contributed by atoms with E-state index in [1.54, 1.807) is 7.11 Å². The van der Waals surface area contributed by atoms with Gasteiger partial charge in [-0.05, 0) is 38.5 Å². The smallest absolute Gasteiger partial charge is 0.0663 e. The summed E-state index contributed by atoms with van der Waals surface area (Å²) in [6, 6.07) is 4.16. The van der Waals surface area contributed by atoms with Crippen LogP contribution in [0, 0.1) is 6.92 Å². The molecule has 0 aliphatic rings. The minimum Gasteiger partial charge on any atom is -0.398 e. The molecule has 0 saturated carbocycles. The Morgan fingerprint density at radius 1 is 1.47 bits per heavy atom. The average Bonchev–Trinajstić information content (AvgIpc) is 2.26. The number of methoxy groups -OCH3 is 1. The molecular formula is C13H21ClN2O. The molecule has 1 atom stereocenters. The molecule has 0 aliphatic carbocycles. The van der Waals surface area contributed by atoms with Crippen LogP contribution < -0.4 is 10.6 Å². The fourth-order valence-corrected chi connectivity index (χ4v) is 2.21. The van der Waals surface area contributed by atoms with E-state index in [2.05, 4.69) is 18.7 Å². The first kappa shape index (κ1) is 14.1. The Kier molecular flexibility index (Phi) is 5.09. The molecule has 0 aromatic heterocycles. The van der Waals surface area contributed by atoms with Crippen LogP contribution in [-0.4, -0.2) is 26.3 Å². The summed E-state index contributed by atoms with van der Waals surface area (Å²) >= 11 is 6.09. The van der Waals surface area contributed by atoms with E-state index in [0.717, 1.165) is 17.8 Å². The summed E-state index contributed by atoms with van der Waals surface area (Å²) in [4.78, 5) is 2.27. The summed E-state index contributed by atoms with van der Waals surface area (Å²) in [5.41, 5.74) is 8.68. The SMILES string of the molecule is CCN(c1cc(Cl)c(N)cc1C)C(C)COC. The van der Waals surface area contributed by atoms with E-state index in [1.807, 2.05) is 19.1 Å². The zero-order valence-electron chi connectivity index (χ0n) is 11.0. The Bertz CT molecular complexity index is 382. The number of benzene rings is 1. The molecule has 0 spiro atoms. The van der Waals surface area contributed by atoms with Crippen LogP contribution in [0.2, 0.25) is 5.02 Å². The van der Waals surface area contributed by atoms with Crippen molar-refractivity contribution in [1.82, 2.24) is 0 Å². The van der Waals surface area contributed by atoms with Gasteiger partial charge in [0.1, 0.15) is 0 Å². The molecule has 0 fully saturated rings. The molecule has 3 nitrogen and oxygen atoms in total. The summed E-state index contributed by atoms with van der Waals surface area (Å²) in [5.74, 6) is 0. The first-order chi connectivity index (χ1) is 8.01. The quantitative estimate of drug-likeness (QED) is 0.823. The molecule has 1 aromatic rings. The predicted octanol–water partition coefficient (Wildman–Crippen LogP) is 3.09. The van der Waals surface area contributed by atoms with Gasteiger partial charge in [-0.2, -0.15) is 0 Å². The highest BCUT2D eigenvalue weighted by Crippen LogP contribution is 2.30. The lowest BCUT2D eigenvalue weighted by Gasteiger charge is -2.31. The van der Waals surface area contributed by atoms with Crippen LogP contribution in [0.15, 0.2) is 12.1 Å². The summed E-state index contributed by atoms with van der Waals surface area (Å²) < 4.78 is 5.20. The number of nitrogens with two attached hydrogens (primary N) is 1. The van der Waals surface area contributed by atoms with E-state index in [9.17, 15) is 0 Å². The second-order valence-corrected chi connectivity index (χ2v) is 4.66. The lowest BCUT2D eigenvalue weighted by molar-refractivity contribution is 0.182. The molecule has 1 aromatic carbocycles. The number of anilines is 2. The van der Waals surface area contributed by atoms with Crippen molar-refractivity contribution in [1.29, 1.82) is 0 Å². The molecule has 0 amide bonds. The van der Waals surface area contributed by atoms with Crippen molar-refractivity contribution in [2.24, 2.45) is 0 Å². The maximum atomic E-state index is 6.09. The van der Waals surface area contributed by atoms with Crippen molar-refractivity contribution < 1.29 is 4.74 Å². The maximum absolute atomic E-state index is 6.09. The molecule has 0 aliphatic heterocycles. The number of halogens is 1. The molecule has 17 heavy (non-hydrogen) atoms. The minimum atomic E-state index is 0.309. The maximum Gasteiger partial charge on any atom is 0.0663 e. The van der Waals surface area contributed by atoms with E-state index in [4.69, 9.17) is 22.1 Å². The van der Waals surface area contributed by atoms with Gasteiger partial charge in [0.2, 0.25) is 0 Å². The molecule has 4 heteroatoms. The lowest BCUT2D eigenvalue weighted by atomic mass is 10.1. The summed E-state index contributed by atoms with van der Waals surface area (Å²) in [6.07, 6.45) is 0. The Hall–Kier alpha value is -0.930. The number of nitrogens with zero attached hydrogens (tertiary/aromatic N) is 1. The van der Waals surface area contributed by atoms with Gasteiger partial charge in [0.25, 0.3) is 0 Å². The second-order valence-electron chi connectivity index (χ2n) is 4.25. The standard InChI is InChI=1S/C13H21ClN2O/c1-5-16(10(3)8-17-4)13-7-11(14)12(15)6-9(13)2/h6-7,10H,5,8,15H2,1-4H3. The van der Waals surface area contributed by atoms with Gasteiger partial charge < -0.3 is 15.4 Å². The summed E-state index contributed by atoms with van der Waals surface area (Å²) in [7, 11) is 1.72. The van der Waals surface area contributed by atoms with E-state index in [1.165, 1.54) is 0 Å². The normalized spacial score (nSPS) is 12.5. The predicted molar refractivity (Wildman–Crippen MR) is 75.0 cm³/mol. The van der Waals surface area contributed by atoms with Crippen LogP contribution in [0.3, 0.4) is 0 Å². The third kappa shape index (κ3) is 3.27. The highest BCUT2D eigenvalue weighted by Gasteiger charge is 2.15. The number of aryl methyl sites for hydroxylation is 1. The van der Waals surface area contributed by atoms with Crippen molar-refractivity contribution in [3.63, 3.8) is 0 Å². The Morgan fingerprint density at radius 2 is 2.12 bits per heavy atom. The second kappa shape index (κ2) is 6.12. The van der Waals surface area contributed by atoms with Gasteiger partial charge in [-0.25, -0.2) is 0 Å². The van der Waals surface area contributed by atoms with Gasteiger partial charge >= 0.3 is 0 Å². The van der Waals surface area contributed by atoms with E-state index in [0.29, 0.717) is 23.4 Å². The minimum absolute atomic E-state index is 0.309. The number of nitrogen functional groups attached to an aromatic ring is 1. The summed E-state index contributed by atoms with van der Waals surface area (Å²) in [6.45, 7) is 7.90. The van der Waals surface area contributed by atoms with Gasteiger partial charge in [0.15, 0.2) is 0 Å². The van der Waals surface area contributed by atoms with Gasteiger partial charge in [-0.15, -0.1) is 0 Å². The van der Waals surface area contributed by atoms with Crippen LogP contribution in [0.5, 0.6) is 0 Å². The van der Waals surface area contributed by atoms with Crippen LogP contribution in [0.4, 0.5) is 11.4 Å². The van der Waals surface area contributed by atoms with Gasteiger partial charge in [0.05, 0.1) is 17.3 Å². The van der Waals surface area contributed by atoms with Gasteiger partial charge in [-0.3, -0.25) is 0 Å². The summed E-state index contributed by atoms with van der Waals surface area (Å²) in [5, 5.41) is 0.605. The third-order valence-electron chi connectivity index (χ3n) is 2.91. The number of rotatable bonds is 5. The van der Waals surface area contributed by atoms with Crippen molar-refractivity contribution in [2.45, 2.75) is 26.8 Å². The third-order valence-corrected chi connectivity index (χ3v) is 3.23. The molecular weight excluding hydrogens is 236 g/mol. The van der Waals surface area contributed by atoms with Crippen molar-refractivity contribution in [3.05, 3.63) is 22.7 Å². The molecule has 2 N–H and O–H groups in total. The zero-order chi connectivity index (χ0) is 13.0. The molecule has 0 bridgehead atoms. The van der Waals surface area contributed by atoms with E-state index in [-0.39, 0.29) is 0 Å². The number of likely N-dealkylation sites (N-methyl/N-ethyl adjacent to an activating group) is 1. The Labute approximate surface area is 109 Å². The lowest BCUT2D eigenvalue weighted by Crippen LogP contribution is -2.36. The number of hydrogen-bond donors (Lipinski definition) is 1. The first-order valence-corrected chi connectivity index (χ1v) is 6.20. The molecule has 96 valence electrons. The molecule has 0 heterocycles. The molecule has 0 radical (unpaired) electrons. The Morgan fingerprint density at radius 3 is 2.65 bits per heavy atom. The van der Waals surface area contributed by atoms with Crippen LogP contribution in [0.25, 0.3) is 0 Å². The van der Waals surface area contributed by atoms with Crippen molar-refractivity contribution in [2.75, 3.05) is 30.9 Å². The highest BCUT2D eigenvalue weighted by molar-refractivity contribution is 6.33. The van der Waals surface area contributed by atoms with Crippen molar-refractivity contribution >= 4 is 23.0 Å². The number of hydrogen-bond acceptors (Lipinski definition) is 3. The van der Waals surface area contributed by atoms with Crippen LogP contribution in [-0.2, 0) is 4.74 Å². The Balaban J connectivity index is 3.07. The highest BCUT2D eigenvalue weighted by atomic mass is 35.5. The molecule has 1 unspecified atom stereocenters. The van der Waals surface area contributed by atoms with E-state index < -0.39 is 0 Å². The fraction of sp³-hybridized carbons (Fsp3) is 0.538. The van der Waals surface area contributed by atoms with Crippen LogP contribution in [0.1, 0.15) is 19.4 Å². The zero-order valence-corrected chi connectivity index (χ0v) is 11.7. The monoisotopic (exact) mass is 256 g/mol. The van der Waals surface area contributed by atoms with Crippen molar-refractivity contribution in [3.8, 4) is 0 Å². The average molecular weight is 257 g/mol. The number of ether oxygens (including phenoxy) is 1. The van der Waals surface area contributed by atoms with Gasteiger partial charge in [-0.1, -0.05) is 11.6 Å². The van der Waals surface area contributed by atoms with E-state index >= 15 is 0 Å². The molecule has 0 saturated heterocycles. The molecule has 1 rings (SSSR count). The topological polar surface area (TPSA) is 38.5 Å². The first-order valence-electron chi connectivity index (χ1n) is 5.82. The van der Waals surface area contributed by atoms with Crippen LogP contribution >= 0.6 is 11.6 Å². The fourth-order valence-electron chi connectivity index (χ4n) is 2.05.